The molecule has 0 rings (SSSR count). The molecule has 20 heavy (non-hydrogen) atoms. The van der Waals surface area contributed by atoms with Crippen LogP contribution in [0.15, 0.2) is 0 Å². The van der Waals surface area contributed by atoms with Crippen molar-refractivity contribution in [1.82, 2.24) is 0 Å². The Hall–Kier alpha value is 1.02. The average Bonchev–Trinajstić information content (AvgIpc) is 2.40. The van der Waals surface area contributed by atoms with Gasteiger partial charge < -0.3 is 0 Å². The van der Waals surface area contributed by atoms with Crippen molar-refractivity contribution in [3.05, 3.63) is 0 Å². The topological polar surface area (TPSA) is 0 Å². The van der Waals surface area contributed by atoms with Gasteiger partial charge in [0.05, 0.1) is 0 Å². The van der Waals surface area contributed by atoms with Crippen LogP contribution < -0.4 is 0 Å². The van der Waals surface area contributed by atoms with Crippen LogP contribution in [-0.2, 0) is 0 Å². The molecular weight excluding hydrogens is 363 g/mol. The molecule has 0 amide bonds. The van der Waals surface area contributed by atoms with Crippen molar-refractivity contribution in [2.75, 3.05) is 0 Å². The Morgan fingerprint density at radius 2 is 0.800 bits per heavy atom. The normalized spacial score (nSPS) is 12.9. The van der Waals surface area contributed by atoms with Crippen LogP contribution in [0.5, 0.6) is 0 Å². The second kappa shape index (κ2) is 11.6. The quantitative estimate of drug-likeness (QED) is 0.280. The molecule has 0 unspecified atom stereocenters. The number of rotatable bonds is 13. The van der Waals surface area contributed by atoms with Crippen LogP contribution in [0.2, 0.25) is 31.4 Å². The molecule has 0 spiro atoms. The maximum atomic E-state index is 2.47. The summed E-state index contributed by atoms with van der Waals surface area (Å²) in [7, 11) is 0. The van der Waals surface area contributed by atoms with Gasteiger partial charge in [0.15, 0.2) is 0 Å². The van der Waals surface area contributed by atoms with Gasteiger partial charge in [-0.25, -0.2) is 0 Å². The Kier molecular flexibility index (Phi) is 12.2. The Labute approximate surface area is 134 Å². The molecule has 0 aliphatic carbocycles. The molecule has 0 atom stereocenters. The van der Waals surface area contributed by atoms with Crippen LogP contribution in [-0.4, -0.2) is 23.2 Å². The van der Waals surface area contributed by atoms with E-state index in [1.54, 1.807) is 31.4 Å². The summed E-state index contributed by atoms with van der Waals surface area (Å²) in [6.45, 7) is 14.8. The van der Waals surface area contributed by atoms with Gasteiger partial charge in [-0.15, -0.1) is 0 Å². The van der Waals surface area contributed by atoms with Gasteiger partial charge in [-0.05, 0) is 0 Å². The Balaban J connectivity index is 5.62. The van der Waals surface area contributed by atoms with Gasteiger partial charge in [0.1, 0.15) is 0 Å². The van der Waals surface area contributed by atoms with Gasteiger partial charge in [-0.3, -0.25) is 0 Å². The van der Waals surface area contributed by atoms with E-state index in [9.17, 15) is 0 Å². The molecule has 0 aromatic heterocycles. The van der Waals surface area contributed by atoms with Crippen molar-refractivity contribution in [2.24, 2.45) is 0 Å². The number of hydrogen-bond acceptors (Lipinski definition) is 0. The molecule has 0 heterocycles. The molecule has 0 aliphatic rings. The molecular formula is C18H42SiSn. The van der Waals surface area contributed by atoms with E-state index in [2.05, 4.69) is 41.5 Å². The minimum absolute atomic E-state index is 0.928. The summed E-state index contributed by atoms with van der Waals surface area (Å²) < 4.78 is 5.17. The molecule has 0 fully saturated rings. The molecule has 0 aromatic rings. The first-order chi connectivity index (χ1) is 9.61. The molecule has 0 radical (unpaired) electrons. The van der Waals surface area contributed by atoms with E-state index in [1.807, 2.05) is 0 Å². The Morgan fingerprint density at radius 3 is 1.00 bits per heavy atom. The SMILES string of the molecule is CCC[Si](CCC)(CCC)[Sn]([CH2]CC)([CH2]CC)[CH2]CC. The first kappa shape index (κ1) is 21.0. The van der Waals surface area contributed by atoms with Crippen LogP contribution >= 0.6 is 0 Å². The van der Waals surface area contributed by atoms with Gasteiger partial charge >= 0.3 is 135 Å². The molecule has 0 nitrogen and oxygen atoms in total. The molecule has 122 valence electrons. The third-order valence-electron chi connectivity index (χ3n) is 5.50. The zero-order valence-electron chi connectivity index (χ0n) is 15.5. The molecule has 0 saturated heterocycles. The van der Waals surface area contributed by atoms with E-state index in [-0.39, 0.29) is 0 Å². The van der Waals surface area contributed by atoms with Gasteiger partial charge in [0.25, 0.3) is 0 Å². The summed E-state index contributed by atoms with van der Waals surface area (Å²) in [6, 6.07) is 5.06. The average molecular weight is 405 g/mol. The summed E-state index contributed by atoms with van der Waals surface area (Å²) in [5.41, 5.74) is -0.928. The maximum absolute atomic E-state index is 2.47. The molecule has 0 N–H and O–H groups in total. The van der Waals surface area contributed by atoms with Crippen LogP contribution in [0, 0.1) is 0 Å². The summed E-state index contributed by atoms with van der Waals surface area (Å²) in [5.74, 6) is 0. The zero-order chi connectivity index (χ0) is 15.5. The van der Waals surface area contributed by atoms with Gasteiger partial charge in [0.2, 0.25) is 0 Å². The van der Waals surface area contributed by atoms with Gasteiger partial charge in [-0.1, -0.05) is 0 Å². The third-order valence-corrected chi connectivity index (χ3v) is 55.3. The molecule has 0 aliphatic heterocycles. The van der Waals surface area contributed by atoms with E-state index in [4.69, 9.17) is 0 Å². The summed E-state index contributed by atoms with van der Waals surface area (Å²) >= 11 is -1.90. The third kappa shape index (κ3) is 5.33. The van der Waals surface area contributed by atoms with Crippen molar-refractivity contribution < 1.29 is 0 Å². The van der Waals surface area contributed by atoms with E-state index < -0.39 is 23.2 Å². The second-order valence-electron chi connectivity index (χ2n) is 7.06. The van der Waals surface area contributed by atoms with Gasteiger partial charge in [0, 0.05) is 0 Å². The van der Waals surface area contributed by atoms with Crippen LogP contribution in [0.1, 0.15) is 80.1 Å². The van der Waals surface area contributed by atoms with Gasteiger partial charge in [-0.2, -0.15) is 0 Å². The van der Waals surface area contributed by atoms with Crippen LogP contribution in [0.25, 0.3) is 0 Å². The van der Waals surface area contributed by atoms with Crippen molar-refractivity contribution in [3.8, 4) is 0 Å². The van der Waals surface area contributed by atoms with Crippen molar-refractivity contribution in [3.63, 3.8) is 0 Å². The molecule has 2 heteroatoms. The summed E-state index contributed by atoms with van der Waals surface area (Å²) in [5, 5.41) is 0. The second-order valence-corrected chi connectivity index (χ2v) is 38.9. The first-order valence-electron chi connectivity index (χ1n) is 9.61. The first-order valence-corrected chi connectivity index (χ1v) is 22.6. The summed E-state index contributed by atoms with van der Waals surface area (Å²) in [6.07, 6.45) is 8.89. The van der Waals surface area contributed by atoms with E-state index >= 15 is 0 Å². The fourth-order valence-electron chi connectivity index (χ4n) is 5.21. The fourth-order valence-corrected chi connectivity index (χ4v) is 61.0. The van der Waals surface area contributed by atoms with Crippen LogP contribution in [0.4, 0.5) is 0 Å². The van der Waals surface area contributed by atoms with Crippen molar-refractivity contribution in [2.45, 2.75) is 112 Å². The van der Waals surface area contributed by atoms with Crippen molar-refractivity contribution in [1.29, 1.82) is 0 Å². The Morgan fingerprint density at radius 1 is 0.500 bits per heavy atom. The van der Waals surface area contributed by atoms with E-state index in [1.165, 1.54) is 38.5 Å². The fraction of sp³-hybridized carbons (Fsp3) is 1.00. The van der Waals surface area contributed by atoms with Crippen LogP contribution in [0.3, 0.4) is 0 Å². The predicted octanol–water partition coefficient (Wildman–Crippen LogP) is 7.42. The Bertz CT molecular complexity index is 169. The number of hydrogen-bond donors (Lipinski definition) is 0. The minimum atomic E-state index is -1.90. The monoisotopic (exact) mass is 406 g/mol. The molecule has 0 saturated carbocycles. The van der Waals surface area contributed by atoms with E-state index in [0.717, 1.165) is 0 Å². The molecule has 0 bridgehead atoms. The standard InChI is InChI=1S/C9H21Si.3C3H7.Sn/c1-4-7-10(8-5-2)9-6-3;3*1-3-2;/h4-9H2,1-3H3;3*1,3H2,2H3;. The van der Waals surface area contributed by atoms with Crippen molar-refractivity contribution >= 4 is 23.2 Å². The summed E-state index contributed by atoms with van der Waals surface area (Å²) in [4.78, 5) is 0. The zero-order valence-corrected chi connectivity index (χ0v) is 19.3. The van der Waals surface area contributed by atoms with E-state index in [0.29, 0.717) is 0 Å². The molecule has 0 aromatic carbocycles. The predicted molar refractivity (Wildman–Crippen MR) is 102 cm³/mol.